The molecule has 1 heterocycles. The number of rotatable bonds is 1. The Balaban J connectivity index is 1.59. The molecule has 1 saturated heterocycles. The molecule has 0 radical (unpaired) electrons. The highest BCUT2D eigenvalue weighted by Crippen LogP contribution is 2.80. The largest absolute Gasteiger partial charge is 0.406 e. The summed E-state index contributed by atoms with van der Waals surface area (Å²) < 4.78 is 42.9. The number of ketones is 2. The zero-order chi connectivity index (χ0) is 30.4. The summed E-state index contributed by atoms with van der Waals surface area (Å²) in [4.78, 5) is 43.6. The molecule has 0 aromatic carbocycles. The highest BCUT2D eigenvalue weighted by atomic mass is 19.4. The number of fused-ring (bicyclic) bond motifs is 4. The van der Waals surface area contributed by atoms with Crippen molar-refractivity contribution in [2.24, 2.45) is 50.2 Å². The Bertz CT molecular complexity index is 1340. The van der Waals surface area contributed by atoms with E-state index >= 15 is 0 Å². The molecule has 2 bridgehead atoms. The van der Waals surface area contributed by atoms with E-state index in [1.165, 1.54) is 0 Å². The molecule has 41 heavy (non-hydrogen) atoms. The van der Waals surface area contributed by atoms with Crippen LogP contribution in [-0.2, 0) is 14.4 Å². The van der Waals surface area contributed by atoms with Gasteiger partial charge in [-0.2, -0.15) is 18.4 Å². The Labute approximate surface area is 241 Å². The first kappa shape index (κ1) is 28.9. The minimum atomic E-state index is -4.63. The maximum Gasteiger partial charge on any atom is 0.406 e. The van der Waals surface area contributed by atoms with Crippen LogP contribution in [0.1, 0.15) is 99.8 Å². The van der Waals surface area contributed by atoms with Crippen LogP contribution in [-0.4, -0.2) is 40.6 Å². The zero-order valence-corrected chi connectivity index (χ0v) is 25.4. The molecule has 5 fully saturated rings. The summed E-state index contributed by atoms with van der Waals surface area (Å²) >= 11 is 0. The van der Waals surface area contributed by atoms with E-state index in [4.69, 9.17) is 0 Å². The number of hydrogen-bond donors (Lipinski definition) is 0. The van der Waals surface area contributed by atoms with Gasteiger partial charge in [0.2, 0.25) is 5.91 Å². The molecule has 0 aromatic heterocycles. The lowest BCUT2D eigenvalue weighted by atomic mass is 9.30. The first-order valence-electron chi connectivity index (χ1n) is 15.3. The van der Waals surface area contributed by atoms with Crippen molar-refractivity contribution in [2.45, 2.75) is 112 Å². The van der Waals surface area contributed by atoms with Gasteiger partial charge in [-0.3, -0.25) is 14.4 Å². The molecule has 5 aliphatic carbocycles. The molecular weight excluding hydrogens is 529 g/mol. The number of Topliss-reactive ketones (excluding diaryl/α,β-unsaturated/α-hetero) is 2. The molecule has 8 heteroatoms. The Hall–Kier alpha value is -2.17. The van der Waals surface area contributed by atoms with Crippen molar-refractivity contribution in [1.82, 2.24) is 4.90 Å². The van der Waals surface area contributed by atoms with Gasteiger partial charge >= 0.3 is 6.18 Å². The Morgan fingerprint density at radius 1 is 0.927 bits per heavy atom. The van der Waals surface area contributed by atoms with Gasteiger partial charge in [0.1, 0.15) is 18.2 Å². The monoisotopic (exact) mass is 572 g/mol. The molecule has 0 N–H and O–H groups in total. The summed E-state index contributed by atoms with van der Waals surface area (Å²) in [7, 11) is 0. The molecule has 8 atom stereocenters. The van der Waals surface area contributed by atoms with E-state index in [-0.39, 0.29) is 40.8 Å². The Morgan fingerprint density at radius 2 is 1.56 bits per heavy atom. The van der Waals surface area contributed by atoms with Crippen LogP contribution < -0.4 is 0 Å². The van der Waals surface area contributed by atoms with E-state index in [1.54, 1.807) is 6.08 Å². The predicted octanol–water partition coefficient (Wildman–Crippen LogP) is 6.81. The lowest BCUT2D eigenvalue weighted by molar-refractivity contribution is -0.242. The summed E-state index contributed by atoms with van der Waals surface area (Å²) in [6.45, 7) is 12.8. The summed E-state index contributed by atoms with van der Waals surface area (Å²) in [5.74, 6) is -1.72. The third-order valence-corrected chi connectivity index (χ3v) is 14.1. The number of alkyl halides is 3. The van der Waals surface area contributed by atoms with Crippen molar-refractivity contribution in [3.63, 3.8) is 0 Å². The van der Waals surface area contributed by atoms with Crippen LogP contribution in [0.2, 0.25) is 0 Å². The average molecular weight is 573 g/mol. The summed E-state index contributed by atoms with van der Waals surface area (Å²) in [6.07, 6.45) is 1.39. The van der Waals surface area contributed by atoms with Gasteiger partial charge in [-0.1, -0.05) is 54.5 Å². The van der Waals surface area contributed by atoms with Gasteiger partial charge in [-0.05, 0) is 73.0 Å². The first-order chi connectivity index (χ1) is 18.7. The Kier molecular flexibility index (Phi) is 5.54. The van der Waals surface area contributed by atoms with Gasteiger partial charge in [0.25, 0.3) is 0 Å². The van der Waals surface area contributed by atoms with Crippen molar-refractivity contribution >= 4 is 17.5 Å². The molecule has 6 rings (SSSR count). The quantitative estimate of drug-likeness (QED) is 0.346. The fraction of sp³-hybridized carbons (Fsp3) is 0.818. The Morgan fingerprint density at radius 3 is 2.17 bits per heavy atom. The molecule has 1 aliphatic heterocycles. The van der Waals surface area contributed by atoms with Crippen LogP contribution >= 0.6 is 0 Å². The number of hydrogen-bond acceptors (Lipinski definition) is 4. The molecule has 4 saturated carbocycles. The van der Waals surface area contributed by atoms with Gasteiger partial charge in [-0.15, -0.1) is 0 Å². The van der Waals surface area contributed by atoms with Crippen LogP contribution in [0.25, 0.3) is 0 Å². The van der Waals surface area contributed by atoms with Crippen LogP contribution in [0.4, 0.5) is 13.2 Å². The standard InChI is InChI=1S/C33H43F3N2O3/c1-26(2)10-12-31-13-11-30(7)29(6)9-8-20-27(3,4)24(40)19(17-37)15-28(20,5)21(29)14-23(39)33(30,22(31)16-26)38(25(31)41)18-32(34,35)36/h15,20-22H,8-14,16,18H2,1-7H3/t20-,21+,22?,28-,29+,30-,31-,33+/m0/s1. The molecule has 1 spiro atoms. The van der Waals surface area contributed by atoms with Gasteiger partial charge in [0.05, 0.1) is 11.0 Å². The van der Waals surface area contributed by atoms with Crippen molar-refractivity contribution in [2.75, 3.05) is 6.54 Å². The van der Waals surface area contributed by atoms with Gasteiger partial charge in [0, 0.05) is 23.2 Å². The third-order valence-electron chi connectivity index (χ3n) is 14.1. The average Bonchev–Trinajstić information content (AvgIpc) is 2.99. The normalized spacial score (nSPS) is 47.9. The van der Waals surface area contributed by atoms with Crippen LogP contribution in [0, 0.1) is 61.6 Å². The molecule has 1 amide bonds. The number of nitriles is 1. The minimum absolute atomic E-state index is 0.0488. The fourth-order valence-corrected chi connectivity index (χ4v) is 12.1. The van der Waals surface area contributed by atoms with Crippen LogP contribution in [0.3, 0.4) is 0 Å². The maximum atomic E-state index is 15.0. The number of allylic oxidation sites excluding steroid dienone is 2. The fourth-order valence-electron chi connectivity index (χ4n) is 12.1. The van der Waals surface area contributed by atoms with E-state index < -0.39 is 57.2 Å². The third kappa shape index (κ3) is 3.12. The topological polar surface area (TPSA) is 78.2 Å². The number of likely N-dealkylation sites (tertiary alicyclic amines) is 1. The first-order valence-corrected chi connectivity index (χ1v) is 15.3. The lowest BCUT2D eigenvalue weighted by Crippen LogP contribution is -2.78. The number of carbonyl (C=O) groups excluding carboxylic acids is 3. The van der Waals surface area contributed by atoms with Crippen molar-refractivity contribution in [1.29, 1.82) is 5.26 Å². The lowest BCUT2D eigenvalue weighted by Gasteiger charge is -2.73. The summed E-state index contributed by atoms with van der Waals surface area (Å²) in [5.41, 5.74) is -5.44. The second-order valence-electron chi connectivity index (χ2n) is 16.5. The molecule has 5 nitrogen and oxygen atoms in total. The smallest absolute Gasteiger partial charge is 0.319 e. The number of carbonyl (C=O) groups is 3. The van der Waals surface area contributed by atoms with E-state index in [2.05, 4.69) is 33.8 Å². The second kappa shape index (κ2) is 7.85. The van der Waals surface area contributed by atoms with Gasteiger partial charge < -0.3 is 4.90 Å². The zero-order valence-electron chi connectivity index (χ0n) is 25.4. The molecular formula is C33H43F3N2O3. The van der Waals surface area contributed by atoms with E-state index in [1.807, 2.05) is 20.8 Å². The molecule has 0 aromatic rings. The van der Waals surface area contributed by atoms with Gasteiger partial charge in [0.15, 0.2) is 11.6 Å². The maximum absolute atomic E-state index is 15.0. The molecule has 1 unspecified atom stereocenters. The number of nitrogens with zero attached hydrogens (tertiary/aromatic N) is 2. The predicted molar refractivity (Wildman–Crippen MR) is 146 cm³/mol. The van der Waals surface area contributed by atoms with Crippen molar-refractivity contribution in [3.8, 4) is 6.07 Å². The minimum Gasteiger partial charge on any atom is -0.319 e. The second-order valence-corrected chi connectivity index (χ2v) is 16.5. The van der Waals surface area contributed by atoms with E-state index in [0.717, 1.165) is 11.3 Å². The highest BCUT2D eigenvalue weighted by Gasteiger charge is 2.84. The van der Waals surface area contributed by atoms with Crippen LogP contribution in [0.15, 0.2) is 11.6 Å². The van der Waals surface area contributed by atoms with Crippen molar-refractivity contribution in [3.05, 3.63) is 11.6 Å². The van der Waals surface area contributed by atoms with E-state index in [9.17, 15) is 32.8 Å². The highest BCUT2D eigenvalue weighted by molar-refractivity contribution is 6.05. The van der Waals surface area contributed by atoms with Gasteiger partial charge in [-0.25, -0.2) is 0 Å². The van der Waals surface area contributed by atoms with Crippen molar-refractivity contribution < 1.29 is 27.6 Å². The molecule has 224 valence electrons. The number of halogens is 3. The van der Waals surface area contributed by atoms with E-state index in [0.29, 0.717) is 38.5 Å². The van der Waals surface area contributed by atoms with Crippen LogP contribution in [0.5, 0.6) is 0 Å². The number of amides is 1. The molecule has 6 aliphatic rings. The SMILES string of the molecule is CC1(C)CC[C@]23CC[C@@]4(C)[C@]5(C)CC[C@H]6C(C)(C)C(=O)C(C#N)=C[C@]6(C)[C@H]5CC(=O)[C@@]4(C2C1)N(CC(F)(F)F)C3=O. The summed E-state index contributed by atoms with van der Waals surface area (Å²) in [6, 6.07) is 2.11. The summed E-state index contributed by atoms with van der Waals surface area (Å²) in [5, 5.41) is 9.93.